The van der Waals surface area contributed by atoms with Gasteiger partial charge in [-0.25, -0.2) is 8.78 Å². The number of aryl methyl sites for hydroxylation is 1. The van der Waals surface area contributed by atoms with Gasteiger partial charge in [0.25, 0.3) is 5.92 Å². The van der Waals surface area contributed by atoms with E-state index in [4.69, 9.17) is 7.85 Å². The first-order chi connectivity index (χ1) is 7.76. The van der Waals surface area contributed by atoms with E-state index >= 15 is 0 Å². The highest BCUT2D eigenvalue weighted by atomic mass is 19.3. The Bertz CT molecular complexity index is 499. The molecule has 1 fully saturated rings. The molecule has 0 spiro atoms. The van der Waals surface area contributed by atoms with Crippen molar-refractivity contribution in [1.82, 2.24) is 9.97 Å². The van der Waals surface area contributed by atoms with E-state index in [1.807, 2.05) is 0 Å². The number of halogens is 2. The van der Waals surface area contributed by atoms with Gasteiger partial charge in [-0.1, -0.05) is 5.57 Å². The fourth-order valence-corrected chi connectivity index (χ4v) is 1.84. The van der Waals surface area contributed by atoms with Gasteiger partial charge in [0, 0.05) is 18.2 Å². The second kappa shape index (κ2) is 3.62. The lowest BCUT2D eigenvalue weighted by Gasteiger charge is -2.11. The van der Waals surface area contributed by atoms with E-state index < -0.39 is 11.3 Å². The van der Waals surface area contributed by atoms with Crippen LogP contribution in [0.4, 0.5) is 8.78 Å². The number of nitrogens with zero attached hydrogens (tertiary/aromatic N) is 2. The number of hydrogen-bond donors (Lipinski definition) is 0. The van der Waals surface area contributed by atoms with Crippen molar-refractivity contribution in [2.24, 2.45) is 5.41 Å². The molecule has 2 rings (SSSR count). The van der Waals surface area contributed by atoms with Crippen LogP contribution in [0, 0.1) is 12.3 Å². The summed E-state index contributed by atoms with van der Waals surface area (Å²) >= 11 is 0. The Balaban J connectivity index is 2.31. The lowest BCUT2D eigenvalue weighted by molar-refractivity contribution is 0.0815. The molecular formula is C12H13BF2N2. The highest BCUT2D eigenvalue weighted by Crippen LogP contribution is 2.64. The smallest absolute Gasteiger partial charge is 0.258 e. The lowest BCUT2D eigenvalue weighted by atomic mass is 9.97. The van der Waals surface area contributed by atoms with Gasteiger partial charge in [0.05, 0.1) is 16.8 Å². The third kappa shape index (κ3) is 1.98. The predicted octanol–water partition coefficient (Wildman–Crippen LogP) is 2.03. The van der Waals surface area contributed by atoms with Crippen LogP contribution >= 0.6 is 0 Å². The largest absolute Gasteiger partial charge is 0.266 e. The van der Waals surface area contributed by atoms with Crippen molar-refractivity contribution in [2.75, 3.05) is 0 Å². The molecule has 1 aliphatic carbocycles. The molecule has 1 heterocycles. The molecule has 0 bridgehead atoms. The van der Waals surface area contributed by atoms with E-state index in [0.717, 1.165) is 0 Å². The summed E-state index contributed by atoms with van der Waals surface area (Å²) in [6.07, 6.45) is 3.01. The van der Waals surface area contributed by atoms with Crippen LogP contribution in [-0.2, 0) is 0 Å². The van der Waals surface area contributed by atoms with Gasteiger partial charge in [-0.2, -0.15) is 0 Å². The molecule has 1 aromatic rings. The van der Waals surface area contributed by atoms with Gasteiger partial charge in [-0.05, 0) is 26.8 Å². The zero-order valence-electron chi connectivity index (χ0n) is 10.1. The summed E-state index contributed by atoms with van der Waals surface area (Å²) in [7, 11) is 5.49. The molecule has 1 aromatic heterocycles. The van der Waals surface area contributed by atoms with Crippen molar-refractivity contribution in [3.63, 3.8) is 0 Å². The van der Waals surface area contributed by atoms with E-state index in [2.05, 4.69) is 9.97 Å². The predicted molar refractivity (Wildman–Crippen MR) is 63.5 cm³/mol. The minimum Gasteiger partial charge on any atom is -0.266 e. The van der Waals surface area contributed by atoms with Crippen molar-refractivity contribution in [3.8, 4) is 0 Å². The standard InChI is InChI=1S/C12H13BF2N2/c1-7(11(3)6-12(11,14)15)4-9-8(2)17-10(13)5-16-9/h4-5H,6H2,1-3H3/b7-4+. The molecule has 0 amide bonds. The van der Waals surface area contributed by atoms with Crippen LogP contribution in [0.3, 0.4) is 0 Å². The maximum atomic E-state index is 13.2. The fourth-order valence-electron chi connectivity index (χ4n) is 1.84. The van der Waals surface area contributed by atoms with E-state index in [0.29, 0.717) is 22.6 Å². The van der Waals surface area contributed by atoms with Crippen LogP contribution in [0.1, 0.15) is 31.7 Å². The topological polar surface area (TPSA) is 25.8 Å². The third-order valence-electron chi connectivity index (χ3n) is 3.48. The molecule has 1 atom stereocenters. The molecule has 0 aliphatic heterocycles. The van der Waals surface area contributed by atoms with E-state index in [1.54, 1.807) is 26.8 Å². The molecule has 1 aliphatic rings. The highest BCUT2D eigenvalue weighted by molar-refractivity contribution is 6.30. The summed E-state index contributed by atoms with van der Waals surface area (Å²) in [5, 5.41) is 0. The lowest BCUT2D eigenvalue weighted by Crippen LogP contribution is -2.12. The fraction of sp³-hybridized carbons (Fsp3) is 0.500. The Kier molecular flexibility index (Phi) is 2.60. The highest BCUT2D eigenvalue weighted by Gasteiger charge is 2.68. The molecule has 17 heavy (non-hydrogen) atoms. The van der Waals surface area contributed by atoms with Crippen molar-refractivity contribution in [2.45, 2.75) is 33.1 Å². The summed E-state index contributed by atoms with van der Waals surface area (Å²) in [6, 6.07) is 0. The summed E-state index contributed by atoms with van der Waals surface area (Å²) in [5.74, 6) is -2.59. The van der Waals surface area contributed by atoms with Gasteiger partial charge >= 0.3 is 0 Å². The zero-order valence-corrected chi connectivity index (χ0v) is 10.1. The second-order valence-corrected chi connectivity index (χ2v) is 4.81. The molecule has 1 saturated carbocycles. The zero-order chi connectivity index (χ0) is 12.8. The average Bonchev–Trinajstić information content (AvgIpc) is 2.72. The molecule has 1 unspecified atom stereocenters. The summed E-state index contributed by atoms with van der Waals surface area (Å²) in [4.78, 5) is 8.15. The monoisotopic (exact) mass is 234 g/mol. The van der Waals surface area contributed by atoms with Gasteiger partial charge in [0.2, 0.25) is 0 Å². The quantitative estimate of drug-likeness (QED) is 0.731. The molecule has 5 heteroatoms. The minimum atomic E-state index is -2.59. The molecule has 2 radical (unpaired) electrons. The van der Waals surface area contributed by atoms with Gasteiger partial charge in [0.15, 0.2) is 0 Å². The van der Waals surface area contributed by atoms with Gasteiger partial charge in [-0.3, -0.25) is 9.97 Å². The van der Waals surface area contributed by atoms with Crippen molar-refractivity contribution in [1.29, 1.82) is 0 Å². The van der Waals surface area contributed by atoms with Crippen molar-refractivity contribution < 1.29 is 8.78 Å². The molecule has 0 aromatic carbocycles. The van der Waals surface area contributed by atoms with E-state index in [9.17, 15) is 8.78 Å². The third-order valence-corrected chi connectivity index (χ3v) is 3.48. The number of aromatic nitrogens is 2. The second-order valence-electron chi connectivity index (χ2n) is 4.81. The summed E-state index contributed by atoms with van der Waals surface area (Å²) in [5.41, 5.74) is 1.19. The summed E-state index contributed by atoms with van der Waals surface area (Å²) in [6.45, 7) is 5.03. The summed E-state index contributed by atoms with van der Waals surface area (Å²) < 4.78 is 26.4. The van der Waals surface area contributed by atoms with E-state index in [1.165, 1.54) is 6.20 Å². The number of rotatable bonds is 2. The van der Waals surface area contributed by atoms with Crippen LogP contribution in [0.5, 0.6) is 0 Å². The molecule has 2 nitrogen and oxygen atoms in total. The van der Waals surface area contributed by atoms with Crippen LogP contribution in [0.25, 0.3) is 6.08 Å². The molecule has 0 N–H and O–H groups in total. The number of hydrogen-bond acceptors (Lipinski definition) is 2. The Morgan fingerprint density at radius 1 is 1.53 bits per heavy atom. The first kappa shape index (κ1) is 12.2. The SMILES string of the molecule is [B]c1cnc(/C=C(\C)C2(C)CC2(F)F)c(C)n1. The van der Waals surface area contributed by atoms with Gasteiger partial charge in [0.1, 0.15) is 7.85 Å². The molecular weight excluding hydrogens is 221 g/mol. The number of allylic oxidation sites excluding steroid dienone is 1. The first-order valence-corrected chi connectivity index (χ1v) is 5.42. The molecule has 88 valence electrons. The minimum absolute atomic E-state index is 0.0935. The van der Waals surface area contributed by atoms with Crippen LogP contribution in [-0.4, -0.2) is 23.7 Å². The number of alkyl halides is 2. The van der Waals surface area contributed by atoms with Crippen LogP contribution < -0.4 is 5.59 Å². The van der Waals surface area contributed by atoms with Crippen molar-refractivity contribution in [3.05, 3.63) is 23.2 Å². The normalized spacial score (nSPS) is 27.0. The van der Waals surface area contributed by atoms with Gasteiger partial charge < -0.3 is 0 Å². The van der Waals surface area contributed by atoms with Gasteiger partial charge in [-0.15, -0.1) is 0 Å². The maximum Gasteiger partial charge on any atom is 0.258 e. The Morgan fingerprint density at radius 2 is 2.12 bits per heavy atom. The van der Waals surface area contributed by atoms with Crippen LogP contribution in [0.2, 0.25) is 0 Å². The van der Waals surface area contributed by atoms with E-state index in [-0.39, 0.29) is 6.42 Å². The Morgan fingerprint density at radius 3 is 2.59 bits per heavy atom. The molecule has 0 saturated heterocycles. The Hall–Kier alpha value is -1.26. The maximum absolute atomic E-state index is 13.2. The van der Waals surface area contributed by atoms with Crippen LogP contribution in [0.15, 0.2) is 11.8 Å². The first-order valence-electron chi connectivity index (χ1n) is 5.42. The van der Waals surface area contributed by atoms with Crippen molar-refractivity contribution >= 4 is 19.5 Å². The average molecular weight is 234 g/mol. The Labute approximate surface area is 101 Å².